The van der Waals surface area contributed by atoms with Crippen LogP contribution in [0.4, 0.5) is 9.59 Å². The normalized spacial score (nSPS) is 20.1. The van der Waals surface area contributed by atoms with E-state index in [0.717, 1.165) is 12.0 Å². The Morgan fingerprint density at radius 1 is 1.00 bits per heavy atom. The van der Waals surface area contributed by atoms with Gasteiger partial charge in [0, 0.05) is 25.4 Å². The molecular formula is C25H39NO6. The number of carbonyl (C=O) groups excluding carboxylic acids is 1. The molecular weight excluding hydrogens is 410 g/mol. The van der Waals surface area contributed by atoms with Crippen molar-refractivity contribution >= 4 is 12.3 Å². The van der Waals surface area contributed by atoms with E-state index < -0.39 is 18.1 Å². The number of nitrogens with one attached hydrogen (secondary N) is 1. The van der Waals surface area contributed by atoms with Crippen molar-refractivity contribution in [3.8, 4) is 0 Å². The number of carboxylic acid groups (broad SMARTS) is 1. The maximum Gasteiger partial charge on any atom is 0.511 e. The molecule has 0 radical (unpaired) electrons. The van der Waals surface area contributed by atoms with Gasteiger partial charge < -0.3 is 24.6 Å². The molecule has 0 saturated heterocycles. The Kier molecular flexibility index (Phi) is 11.4. The number of carbonyl (C=O) groups is 2. The lowest BCUT2D eigenvalue weighted by molar-refractivity contribution is -0.181. The molecule has 1 aliphatic rings. The maximum atomic E-state index is 11.7. The van der Waals surface area contributed by atoms with Gasteiger partial charge in [0.2, 0.25) is 0 Å². The molecule has 1 aromatic carbocycles. The minimum absolute atomic E-state index is 0.0174. The zero-order chi connectivity index (χ0) is 23.2. The van der Waals surface area contributed by atoms with Crippen molar-refractivity contribution in [2.75, 3.05) is 6.61 Å². The van der Waals surface area contributed by atoms with Crippen LogP contribution in [0.25, 0.3) is 0 Å². The summed E-state index contributed by atoms with van der Waals surface area (Å²) in [5, 5.41) is 12.5. The van der Waals surface area contributed by atoms with Crippen LogP contribution in [-0.4, -0.2) is 35.9 Å². The quantitative estimate of drug-likeness (QED) is 0.199. The third kappa shape index (κ3) is 9.47. The predicted molar refractivity (Wildman–Crippen MR) is 123 cm³/mol. The van der Waals surface area contributed by atoms with E-state index in [1.165, 1.54) is 50.5 Å². The Labute approximate surface area is 191 Å². The maximum absolute atomic E-state index is 11.7. The number of unbranched alkanes of at least 4 members (excludes halogenated alkanes) is 6. The van der Waals surface area contributed by atoms with Crippen molar-refractivity contribution in [1.82, 2.24) is 5.32 Å². The second kappa shape index (κ2) is 14.0. The van der Waals surface area contributed by atoms with E-state index in [9.17, 15) is 9.59 Å². The van der Waals surface area contributed by atoms with Crippen LogP contribution in [0, 0.1) is 0 Å². The Bertz CT molecular complexity index is 692. The highest BCUT2D eigenvalue weighted by Crippen LogP contribution is 2.35. The summed E-state index contributed by atoms with van der Waals surface area (Å²) >= 11 is 0. The van der Waals surface area contributed by atoms with Gasteiger partial charge in [-0.2, -0.15) is 0 Å². The van der Waals surface area contributed by atoms with Crippen molar-refractivity contribution in [3.63, 3.8) is 0 Å². The molecule has 32 heavy (non-hydrogen) atoms. The van der Waals surface area contributed by atoms with Gasteiger partial charge in [0.15, 0.2) is 0 Å². The van der Waals surface area contributed by atoms with Gasteiger partial charge in [0.1, 0.15) is 0 Å². The Morgan fingerprint density at radius 3 is 2.31 bits per heavy atom. The van der Waals surface area contributed by atoms with E-state index >= 15 is 0 Å². The fourth-order valence-corrected chi connectivity index (χ4v) is 4.18. The van der Waals surface area contributed by atoms with Gasteiger partial charge in [-0.15, -0.1) is 0 Å². The van der Waals surface area contributed by atoms with Crippen LogP contribution in [-0.2, 0) is 27.2 Å². The van der Waals surface area contributed by atoms with Gasteiger partial charge in [0.05, 0.1) is 6.61 Å². The molecule has 0 heterocycles. The SMILES string of the molecule is CCCCCCCCCc1ccc(CNC2CCC(OC(=O)O)(OC(=O)OCC)C2)cc1. The number of benzene rings is 1. The fourth-order valence-electron chi connectivity index (χ4n) is 4.18. The topological polar surface area (TPSA) is 94.1 Å². The van der Waals surface area contributed by atoms with E-state index in [4.69, 9.17) is 19.3 Å². The number of hydrogen-bond donors (Lipinski definition) is 2. The number of aryl methyl sites for hydroxylation is 1. The van der Waals surface area contributed by atoms with Crippen molar-refractivity contribution in [2.45, 2.75) is 103 Å². The largest absolute Gasteiger partial charge is 0.511 e. The van der Waals surface area contributed by atoms with Gasteiger partial charge in [-0.3, -0.25) is 0 Å². The van der Waals surface area contributed by atoms with Crippen LogP contribution in [0.2, 0.25) is 0 Å². The number of hydrogen-bond acceptors (Lipinski definition) is 6. The lowest BCUT2D eigenvalue weighted by Crippen LogP contribution is -2.39. The summed E-state index contributed by atoms with van der Waals surface area (Å²) in [6.45, 7) is 4.71. The molecule has 0 bridgehead atoms. The number of ether oxygens (including phenoxy) is 3. The molecule has 0 aromatic heterocycles. The summed E-state index contributed by atoms with van der Waals surface area (Å²) in [5.41, 5.74) is 2.52. The first-order valence-corrected chi connectivity index (χ1v) is 12.0. The van der Waals surface area contributed by atoms with Crippen LogP contribution in [0.15, 0.2) is 24.3 Å². The van der Waals surface area contributed by atoms with Crippen LogP contribution in [0.1, 0.15) is 89.2 Å². The van der Waals surface area contributed by atoms with Gasteiger partial charge in [-0.25, -0.2) is 9.59 Å². The van der Waals surface area contributed by atoms with Gasteiger partial charge >= 0.3 is 12.3 Å². The van der Waals surface area contributed by atoms with Crippen LogP contribution >= 0.6 is 0 Å². The molecule has 2 N–H and O–H groups in total. The van der Waals surface area contributed by atoms with E-state index in [0.29, 0.717) is 19.4 Å². The molecule has 1 fully saturated rings. The molecule has 0 spiro atoms. The summed E-state index contributed by atoms with van der Waals surface area (Å²) in [4.78, 5) is 22.8. The molecule has 7 heteroatoms. The first-order valence-electron chi connectivity index (χ1n) is 12.0. The lowest BCUT2D eigenvalue weighted by atomic mass is 10.0. The first-order chi connectivity index (χ1) is 15.5. The molecule has 180 valence electrons. The number of rotatable bonds is 14. The molecule has 0 aliphatic heterocycles. The lowest BCUT2D eigenvalue weighted by Gasteiger charge is -2.27. The summed E-state index contributed by atoms with van der Waals surface area (Å²) in [5.74, 6) is -1.49. The Balaban J connectivity index is 1.73. The zero-order valence-corrected chi connectivity index (χ0v) is 19.6. The zero-order valence-electron chi connectivity index (χ0n) is 19.6. The van der Waals surface area contributed by atoms with Crippen molar-refractivity contribution in [2.24, 2.45) is 0 Å². The van der Waals surface area contributed by atoms with Crippen molar-refractivity contribution < 1.29 is 28.9 Å². The van der Waals surface area contributed by atoms with Gasteiger partial charge in [-0.1, -0.05) is 69.7 Å². The molecule has 2 unspecified atom stereocenters. The molecule has 2 atom stereocenters. The highest BCUT2D eigenvalue weighted by molar-refractivity contribution is 5.62. The molecule has 1 aromatic rings. The van der Waals surface area contributed by atoms with E-state index in [-0.39, 0.29) is 19.1 Å². The van der Waals surface area contributed by atoms with Crippen molar-refractivity contribution in [1.29, 1.82) is 0 Å². The minimum Gasteiger partial charge on any atom is -0.450 e. The highest BCUT2D eigenvalue weighted by Gasteiger charge is 2.47. The second-order valence-corrected chi connectivity index (χ2v) is 8.57. The molecule has 1 aliphatic carbocycles. The smallest absolute Gasteiger partial charge is 0.450 e. The summed E-state index contributed by atoms with van der Waals surface area (Å²) < 4.78 is 14.9. The van der Waals surface area contributed by atoms with E-state index in [2.05, 4.69) is 36.5 Å². The standard InChI is InChI=1S/C25H39NO6/c1-3-5-6-7-8-9-10-11-20-12-14-21(15-13-20)19-26-22-16-17-25(18-22,31-23(27)28)32-24(29)30-4-2/h12-15,22,26H,3-11,16-19H2,1-2H3,(H,27,28). The molecule has 7 nitrogen and oxygen atoms in total. The highest BCUT2D eigenvalue weighted by atomic mass is 16.8. The predicted octanol–water partition coefficient (Wildman–Crippen LogP) is 6.19. The molecule has 1 saturated carbocycles. The third-order valence-corrected chi connectivity index (χ3v) is 5.92. The van der Waals surface area contributed by atoms with Gasteiger partial charge in [0.25, 0.3) is 5.79 Å². The van der Waals surface area contributed by atoms with E-state index in [1.807, 2.05) is 0 Å². The average molecular weight is 450 g/mol. The monoisotopic (exact) mass is 449 g/mol. The molecule has 0 amide bonds. The molecule has 2 rings (SSSR count). The van der Waals surface area contributed by atoms with Crippen LogP contribution < -0.4 is 5.32 Å². The Morgan fingerprint density at radius 2 is 1.66 bits per heavy atom. The summed E-state index contributed by atoms with van der Waals surface area (Å²) in [6.07, 6.45) is 9.15. The second-order valence-electron chi connectivity index (χ2n) is 8.57. The average Bonchev–Trinajstić information content (AvgIpc) is 3.14. The van der Waals surface area contributed by atoms with E-state index in [1.54, 1.807) is 6.92 Å². The Hall–Kier alpha value is -2.28. The first kappa shape index (κ1) is 26.0. The third-order valence-electron chi connectivity index (χ3n) is 5.92. The van der Waals surface area contributed by atoms with Crippen LogP contribution in [0.3, 0.4) is 0 Å². The fraction of sp³-hybridized carbons (Fsp3) is 0.680. The van der Waals surface area contributed by atoms with Crippen molar-refractivity contribution in [3.05, 3.63) is 35.4 Å². The van der Waals surface area contributed by atoms with Gasteiger partial charge in [-0.05, 0) is 37.3 Å². The summed E-state index contributed by atoms with van der Waals surface area (Å²) in [7, 11) is 0. The minimum atomic E-state index is -1.49. The van der Waals surface area contributed by atoms with Crippen LogP contribution in [0.5, 0.6) is 0 Å². The summed E-state index contributed by atoms with van der Waals surface area (Å²) in [6, 6.07) is 8.62.